The third-order valence-electron chi connectivity index (χ3n) is 3.33. The van der Waals surface area contributed by atoms with Crippen LogP contribution in [0, 0.1) is 0 Å². The summed E-state index contributed by atoms with van der Waals surface area (Å²) in [5, 5.41) is 0. The number of hydrogen-bond donors (Lipinski definition) is 0. The van der Waals surface area contributed by atoms with Gasteiger partial charge in [-0.05, 0) is 23.6 Å². The minimum atomic E-state index is 0.783. The molecule has 0 radical (unpaired) electrons. The van der Waals surface area contributed by atoms with Crippen LogP contribution in [-0.2, 0) is 0 Å². The second-order valence-electron chi connectivity index (χ2n) is 4.39. The van der Waals surface area contributed by atoms with Gasteiger partial charge >= 0.3 is 0 Å². The standard InChI is InChI=1S/C17H15N/c1-3-18-17-12(2)13-8-4-5-9-14(13)15-10-6-7-11-16(15)17/h4-11H,2-3H2,1H3. The van der Waals surface area contributed by atoms with Gasteiger partial charge in [-0.1, -0.05) is 55.1 Å². The Morgan fingerprint density at radius 2 is 1.33 bits per heavy atom. The van der Waals surface area contributed by atoms with E-state index in [0.717, 1.165) is 17.8 Å². The van der Waals surface area contributed by atoms with Crippen LogP contribution in [0.3, 0.4) is 0 Å². The van der Waals surface area contributed by atoms with Crippen molar-refractivity contribution < 1.29 is 0 Å². The SMILES string of the molecule is C=C1C(=NCC)c2ccccc2-c2ccccc21. The predicted molar refractivity (Wildman–Crippen MR) is 78.0 cm³/mol. The molecule has 1 heteroatoms. The predicted octanol–water partition coefficient (Wildman–Crippen LogP) is 4.19. The quantitative estimate of drug-likeness (QED) is 0.700. The van der Waals surface area contributed by atoms with Gasteiger partial charge in [0.1, 0.15) is 0 Å². The average Bonchev–Trinajstić information content (AvgIpc) is 2.43. The van der Waals surface area contributed by atoms with E-state index in [1.54, 1.807) is 0 Å². The van der Waals surface area contributed by atoms with E-state index in [9.17, 15) is 0 Å². The second-order valence-corrected chi connectivity index (χ2v) is 4.39. The molecule has 2 aromatic carbocycles. The Balaban J connectivity index is 2.35. The van der Waals surface area contributed by atoms with Crippen molar-refractivity contribution >= 4 is 11.3 Å². The fraction of sp³-hybridized carbons (Fsp3) is 0.118. The Morgan fingerprint density at radius 1 is 0.833 bits per heavy atom. The first kappa shape index (κ1) is 11.0. The molecule has 0 heterocycles. The summed E-state index contributed by atoms with van der Waals surface area (Å²) in [6, 6.07) is 16.8. The molecule has 2 aromatic rings. The van der Waals surface area contributed by atoms with E-state index < -0.39 is 0 Å². The van der Waals surface area contributed by atoms with Crippen LogP contribution in [0.5, 0.6) is 0 Å². The summed E-state index contributed by atoms with van der Waals surface area (Å²) in [5.74, 6) is 0. The highest BCUT2D eigenvalue weighted by Crippen LogP contribution is 2.38. The van der Waals surface area contributed by atoms with Crippen molar-refractivity contribution in [3.05, 3.63) is 66.2 Å². The number of nitrogens with zero attached hydrogens (tertiary/aromatic N) is 1. The van der Waals surface area contributed by atoms with Gasteiger partial charge < -0.3 is 0 Å². The normalized spacial score (nSPS) is 15.4. The number of allylic oxidation sites excluding steroid dienone is 1. The summed E-state index contributed by atoms with van der Waals surface area (Å²) in [5.41, 5.74) is 6.98. The van der Waals surface area contributed by atoms with Gasteiger partial charge in [-0.2, -0.15) is 0 Å². The Bertz CT molecular complexity index is 650. The van der Waals surface area contributed by atoms with Crippen LogP contribution >= 0.6 is 0 Å². The molecule has 0 unspecified atom stereocenters. The lowest BCUT2D eigenvalue weighted by atomic mass is 9.81. The fourth-order valence-corrected chi connectivity index (χ4v) is 2.53. The summed E-state index contributed by atoms with van der Waals surface area (Å²) >= 11 is 0. The Hall–Kier alpha value is -2.15. The zero-order chi connectivity index (χ0) is 12.5. The summed E-state index contributed by atoms with van der Waals surface area (Å²) in [6.07, 6.45) is 0. The van der Waals surface area contributed by atoms with Crippen molar-refractivity contribution in [3.63, 3.8) is 0 Å². The molecular weight excluding hydrogens is 218 g/mol. The van der Waals surface area contributed by atoms with E-state index in [2.05, 4.69) is 67.0 Å². The summed E-state index contributed by atoms with van der Waals surface area (Å²) < 4.78 is 0. The van der Waals surface area contributed by atoms with Gasteiger partial charge in [0.25, 0.3) is 0 Å². The second kappa shape index (κ2) is 4.26. The van der Waals surface area contributed by atoms with Crippen LogP contribution in [0.2, 0.25) is 0 Å². The van der Waals surface area contributed by atoms with Crippen molar-refractivity contribution in [2.75, 3.05) is 6.54 Å². The van der Waals surface area contributed by atoms with E-state index in [0.29, 0.717) is 0 Å². The van der Waals surface area contributed by atoms with E-state index >= 15 is 0 Å². The summed E-state index contributed by atoms with van der Waals surface area (Å²) in [4.78, 5) is 4.62. The van der Waals surface area contributed by atoms with Crippen molar-refractivity contribution in [1.82, 2.24) is 0 Å². The minimum absolute atomic E-state index is 0.783. The molecule has 0 atom stereocenters. The molecule has 0 fully saturated rings. The van der Waals surface area contributed by atoms with Gasteiger partial charge in [-0.25, -0.2) is 0 Å². The molecule has 0 saturated carbocycles. The summed E-state index contributed by atoms with van der Waals surface area (Å²) in [6.45, 7) is 7.07. The molecule has 1 nitrogen and oxygen atoms in total. The molecule has 1 aliphatic carbocycles. The highest BCUT2D eigenvalue weighted by atomic mass is 14.7. The number of fused-ring (bicyclic) bond motifs is 3. The van der Waals surface area contributed by atoms with Gasteiger partial charge in [-0.15, -0.1) is 0 Å². The number of benzene rings is 2. The number of hydrogen-bond acceptors (Lipinski definition) is 1. The van der Waals surface area contributed by atoms with Crippen LogP contribution in [0.25, 0.3) is 16.7 Å². The molecule has 3 rings (SSSR count). The van der Waals surface area contributed by atoms with Crippen molar-refractivity contribution in [2.45, 2.75) is 6.92 Å². The van der Waals surface area contributed by atoms with E-state index in [1.165, 1.54) is 22.3 Å². The van der Waals surface area contributed by atoms with Crippen molar-refractivity contribution in [3.8, 4) is 11.1 Å². The smallest absolute Gasteiger partial charge is 0.0725 e. The Labute approximate surface area is 108 Å². The molecule has 0 aromatic heterocycles. The highest BCUT2D eigenvalue weighted by molar-refractivity contribution is 6.36. The summed E-state index contributed by atoms with van der Waals surface area (Å²) in [7, 11) is 0. The van der Waals surface area contributed by atoms with Gasteiger partial charge in [0, 0.05) is 17.7 Å². The molecule has 0 amide bonds. The van der Waals surface area contributed by atoms with E-state index in [-0.39, 0.29) is 0 Å². The van der Waals surface area contributed by atoms with Crippen LogP contribution < -0.4 is 0 Å². The topological polar surface area (TPSA) is 12.4 Å². The molecule has 0 bridgehead atoms. The van der Waals surface area contributed by atoms with Crippen LogP contribution in [0.1, 0.15) is 18.1 Å². The number of aliphatic imine (C=N–C) groups is 1. The van der Waals surface area contributed by atoms with Gasteiger partial charge in [0.2, 0.25) is 0 Å². The van der Waals surface area contributed by atoms with Crippen LogP contribution in [-0.4, -0.2) is 12.3 Å². The van der Waals surface area contributed by atoms with Gasteiger partial charge in [-0.3, -0.25) is 4.99 Å². The van der Waals surface area contributed by atoms with Crippen molar-refractivity contribution in [2.24, 2.45) is 4.99 Å². The van der Waals surface area contributed by atoms with Crippen LogP contribution in [0.4, 0.5) is 0 Å². The average molecular weight is 233 g/mol. The third-order valence-corrected chi connectivity index (χ3v) is 3.33. The minimum Gasteiger partial charge on any atom is -0.284 e. The van der Waals surface area contributed by atoms with E-state index in [1.807, 2.05) is 0 Å². The monoisotopic (exact) mass is 233 g/mol. The largest absolute Gasteiger partial charge is 0.284 e. The third kappa shape index (κ3) is 1.52. The first-order valence-electron chi connectivity index (χ1n) is 6.26. The lowest BCUT2D eigenvalue weighted by Gasteiger charge is -2.23. The maximum absolute atomic E-state index is 4.62. The molecule has 0 spiro atoms. The zero-order valence-electron chi connectivity index (χ0n) is 10.5. The Morgan fingerprint density at radius 3 is 1.94 bits per heavy atom. The van der Waals surface area contributed by atoms with Gasteiger partial charge in [0.05, 0.1) is 5.71 Å². The molecule has 0 aliphatic heterocycles. The maximum atomic E-state index is 4.62. The number of rotatable bonds is 1. The molecule has 0 N–H and O–H groups in total. The van der Waals surface area contributed by atoms with E-state index in [4.69, 9.17) is 0 Å². The van der Waals surface area contributed by atoms with Crippen molar-refractivity contribution in [1.29, 1.82) is 0 Å². The lowest BCUT2D eigenvalue weighted by molar-refractivity contribution is 1.13. The molecular formula is C17H15N. The first-order valence-corrected chi connectivity index (χ1v) is 6.26. The zero-order valence-corrected chi connectivity index (χ0v) is 10.5. The van der Waals surface area contributed by atoms with Crippen LogP contribution in [0.15, 0.2) is 60.1 Å². The fourth-order valence-electron chi connectivity index (χ4n) is 2.53. The maximum Gasteiger partial charge on any atom is 0.0725 e. The first-order chi connectivity index (χ1) is 8.83. The Kier molecular flexibility index (Phi) is 2.60. The molecule has 0 saturated heterocycles. The highest BCUT2D eigenvalue weighted by Gasteiger charge is 2.22. The molecule has 18 heavy (non-hydrogen) atoms. The molecule has 1 aliphatic rings. The van der Waals surface area contributed by atoms with Gasteiger partial charge in [0.15, 0.2) is 0 Å². The lowest BCUT2D eigenvalue weighted by Crippen LogP contribution is -2.12. The molecule has 88 valence electrons.